The predicted molar refractivity (Wildman–Crippen MR) is 97.6 cm³/mol. The van der Waals surface area contributed by atoms with E-state index in [-0.39, 0.29) is 18.3 Å². The Morgan fingerprint density at radius 1 is 1.32 bits per heavy atom. The number of hydrogen-bond donors (Lipinski definition) is 1. The summed E-state index contributed by atoms with van der Waals surface area (Å²) in [6, 6.07) is 7.39. The highest BCUT2D eigenvalue weighted by Crippen LogP contribution is 2.46. The molecule has 0 bridgehead atoms. The lowest BCUT2D eigenvalue weighted by Crippen LogP contribution is -2.17. The van der Waals surface area contributed by atoms with Gasteiger partial charge in [0.25, 0.3) is 0 Å². The van der Waals surface area contributed by atoms with Gasteiger partial charge in [-0.15, -0.1) is 11.3 Å². The smallest absolute Gasteiger partial charge is 0.341 e. The third-order valence-corrected chi connectivity index (χ3v) is 4.98. The summed E-state index contributed by atoms with van der Waals surface area (Å²) in [6.45, 7) is 2.10. The molecule has 6 heteroatoms. The van der Waals surface area contributed by atoms with Gasteiger partial charge in [0.15, 0.2) is 0 Å². The van der Waals surface area contributed by atoms with E-state index in [4.69, 9.17) is 9.47 Å². The molecule has 3 rings (SSSR count). The van der Waals surface area contributed by atoms with Crippen LogP contribution in [-0.4, -0.2) is 25.6 Å². The number of hydrogen-bond acceptors (Lipinski definition) is 5. The summed E-state index contributed by atoms with van der Waals surface area (Å²) in [5.74, 6) is 0.606. The average Bonchev–Trinajstić information content (AvgIpc) is 3.36. The number of rotatable bonds is 7. The Labute approximate surface area is 151 Å². The van der Waals surface area contributed by atoms with Gasteiger partial charge in [0.2, 0.25) is 5.91 Å². The van der Waals surface area contributed by atoms with Crippen LogP contribution in [0.5, 0.6) is 5.75 Å². The lowest BCUT2D eigenvalue weighted by molar-refractivity contribution is -0.115. The molecule has 25 heavy (non-hydrogen) atoms. The monoisotopic (exact) mass is 359 g/mol. The SMILES string of the molecule is CCOC(=O)c1c(C2CC2)csc1NC(=O)Cc1cccc(OC)c1. The molecule has 1 N–H and O–H groups in total. The molecular weight excluding hydrogens is 338 g/mol. The zero-order valence-corrected chi connectivity index (χ0v) is 15.2. The molecule has 1 amide bonds. The Hall–Kier alpha value is -2.34. The number of carbonyl (C=O) groups excluding carboxylic acids is 2. The third kappa shape index (κ3) is 4.20. The molecule has 0 spiro atoms. The lowest BCUT2D eigenvalue weighted by Gasteiger charge is -2.09. The fourth-order valence-electron chi connectivity index (χ4n) is 2.71. The molecular formula is C19H21NO4S. The first kappa shape index (κ1) is 17.5. The zero-order chi connectivity index (χ0) is 17.8. The van der Waals surface area contributed by atoms with E-state index < -0.39 is 0 Å². The van der Waals surface area contributed by atoms with Crippen molar-refractivity contribution in [3.63, 3.8) is 0 Å². The highest BCUT2D eigenvalue weighted by Gasteiger charge is 2.32. The van der Waals surface area contributed by atoms with Gasteiger partial charge in [-0.1, -0.05) is 12.1 Å². The van der Waals surface area contributed by atoms with Crippen LogP contribution in [0.25, 0.3) is 0 Å². The highest BCUT2D eigenvalue weighted by atomic mass is 32.1. The Bertz CT molecular complexity index is 779. The predicted octanol–water partition coefficient (Wildman–Crippen LogP) is 3.99. The van der Waals surface area contributed by atoms with Crippen molar-refractivity contribution in [1.82, 2.24) is 0 Å². The lowest BCUT2D eigenvalue weighted by atomic mass is 10.1. The van der Waals surface area contributed by atoms with Gasteiger partial charge in [0.1, 0.15) is 10.8 Å². The summed E-state index contributed by atoms with van der Waals surface area (Å²) >= 11 is 1.39. The van der Waals surface area contributed by atoms with E-state index in [1.165, 1.54) is 11.3 Å². The zero-order valence-electron chi connectivity index (χ0n) is 14.3. The molecule has 1 fully saturated rings. The molecule has 0 unspecified atom stereocenters. The molecule has 0 atom stereocenters. The van der Waals surface area contributed by atoms with Gasteiger partial charge in [-0.05, 0) is 54.3 Å². The van der Waals surface area contributed by atoms with Crippen LogP contribution in [0.2, 0.25) is 0 Å². The summed E-state index contributed by atoms with van der Waals surface area (Å²) in [7, 11) is 1.59. The van der Waals surface area contributed by atoms with Crippen LogP contribution in [0.1, 0.15) is 47.2 Å². The fraction of sp³-hybridized carbons (Fsp3) is 0.368. The van der Waals surface area contributed by atoms with Crippen LogP contribution in [-0.2, 0) is 16.0 Å². The van der Waals surface area contributed by atoms with E-state index in [0.29, 0.717) is 28.8 Å². The maximum absolute atomic E-state index is 12.4. The number of nitrogens with one attached hydrogen (secondary N) is 1. The van der Waals surface area contributed by atoms with E-state index in [0.717, 1.165) is 24.0 Å². The molecule has 132 valence electrons. The Balaban J connectivity index is 1.75. The van der Waals surface area contributed by atoms with Crippen LogP contribution in [0.4, 0.5) is 5.00 Å². The van der Waals surface area contributed by atoms with Gasteiger partial charge in [0, 0.05) is 0 Å². The van der Waals surface area contributed by atoms with Crippen molar-refractivity contribution in [2.75, 3.05) is 19.0 Å². The van der Waals surface area contributed by atoms with Crippen LogP contribution in [0.15, 0.2) is 29.6 Å². The van der Waals surface area contributed by atoms with Gasteiger partial charge in [-0.3, -0.25) is 4.79 Å². The van der Waals surface area contributed by atoms with E-state index in [9.17, 15) is 9.59 Å². The van der Waals surface area contributed by atoms with Crippen molar-refractivity contribution >= 4 is 28.2 Å². The number of methoxy groups -OCH3 is 1. The number of anilines is 1. The van der Waals surface area contributed by atoms with Crippen LogP contribution in [0, 0.1) is 0 Å². The summed E-state index contributed by atoms with van der Waals surface area (Å²) in [6.07, 6.45) is 2.39. The average molecular weight is 359 g/mol. The van der Waals surface area contributed by atoms with Crippen molar-refractivity contribution in [2.24, 2.45) is 0 Å². The first-order valence-electron chi connectivity index (χ1n) is 8.33. The molecule has 1 aliphatic carbocycles. The second-order valence-electron chi connectivity index (χ2n) is 5.97. The van der Waals surface area contributed by atoms with Crippen molar-refractivity contribution in [2.45, 2.75) is 32.1 Å². The maximum Gasteiger partial charge on any atom is 0.341 e. The van der Waals surface area contributed by atoms with Gasteiger partial charge in [-0.25, -0.2) is 4.79 Å². The molecule has 1 aromatic carbocycles. The maximum atomic E-state index is 12.4. The standard InChI is InChI=1S/C19H21NO4S/c1-3-24-19(22)17-15(13-7-8-13)11-25-18(17)20-16(21)10-12-5-4-6-14(9-12)23-2/h4-6,9,11,13H,3,7-8,10H2,1-2H3,(H,20,21). The molecule has 1 heterocycles. The largest absolute Gasteiger partial charge is 0.497 e. The van der Waals surface area contributed by atoms with Crippen molar-refractivity contribution < 1.29 is 19.1 Å². The van der Waals surface area contributed by atoms with Crippen molar-refractivity contribution in [1.29, 1.82) is 0 Å². The molecule has 0 saturated heterocycles. The van der Waals surface area contributed by atoms with E-state index >= 15 is 0 Å². The number of benzene rings is 1. The van der Waals surface area contributed by atoms with Crippen molar-refractivity contribution in [3.8, 4) is 5.75 Å². The first-order valence-corrected chi connectivity index (χ1v) is 9.21. The topological polar surface area (TPSA) is 64.6 Å². The highest BCUT2D eigenvalue weighted by molar-refractivity contribution is 7.15. The minimum absolute atomic E-state index is 0.164. The molecule has 0 aliphatic heterocycles. The first-order chi connectivity index (χ1) is 12.1. The van der Waals surface area contributed by atoms with Crippen LogP contribution < -0.4 is 10.1 Å². The second-order valence-corrected chi connectivity index (χ2v) is 6.85. The summed E-state index contributed by atoms with van der Waals surface area (Å²) in [5.41, 5.74) is 2.38. The van der Waals surface area contributed by atoms with Gasteiger partial charge in [0.05, 0.1) is 25.7 Å². The molecule has 0 radical (unpaired) electrons. The van der Waals surface area contributed by atoms with Crippen LogP contribution in [0.3, 0.4) is 0 Å². The van der Waals surface area contributed by atoms with E-state index in [2.05, 4.69) is 5.32 Å². The van der Waals surface area contributed by atoms with E-state index in [1.54, 1.807) is 14.0 Å². The number of thiophene rings is 1. The molecule has 1 aromatic heterocycles. The number of amides is 1. The van der Waals surface area contributed by atoms with Gasteiger partial charge >= 0.3 is 5.97 Å². The molecule has 1 aliphatic rings. The number of ether oxygens (including phenoxy) is 2. The number of esters is 1. The molecule has 5 nitrogen and oxygen atoms in total. The summed E-state index contributed by atoms with van der Waals surface area (Å²) in [4.78, 5) is 24.7. The Morgan fingerprint density at radius 3 is 2.80 bits per heavy atom. The second kappa shape index (κ2) is 7.70. The normalized spacial score (nSPS) is 13.4. The Kier molecular flexibility index (Phi) is 5.38. The minimum atomic E-state index is -0.359. The fourth-order valence-corrected chi connectivity index (χ4v) is 3.76. The molecule has 1 saturated carbocycles. The third-order valence-electron chi connectivity index (χ3n) is 4.07. The summed E-state index contributed by atoms with van der Waals surface area (Å²) in [5, 5.41) is 5.42. The Morgan fingerprint density at radius 2 is 2.12 bits per heavy atom. The van der Waals surface area contributed by atoms with Gasteiger partial charge < -0.3 is 14.8 Å². The number of carbonyl (C=O) groups is 2. The quantitative estimate of drug-likeness (QED) is 0.759. The molecule has 2 aromatic rings. The van der Waals surface area contributed by atoms with E-state index in [1.807, 2.05) is 29.6 Å². The van der Waals surface area contributed by atoms with Crippen LogP contribution >= 0.6 is 11.3 Å². The minimum Gasteiger partial charge on any atom is -0.497 e. The summed E-state index contributed by atoms with van der Waals surface area (Å²) < 4.78 is 10.4. The van der Waals surface area contributed by atoms with Crippen molar-refractivity contribution in [3.05, 3.63) is 46.3 Å². The van der Waals surface area contributed by atoms with Gasteiger partial charge in [-0.2, -0.15) is 0 Å².